The van der Waals surface area contributed by atoms with Gasteiger partial charge in [-0.1, -0.05) is 12.2 Å². The first-order valence-electron chi connectivity index (χ1n) is 3.44. The third kappa shape index (κ3) is 2.04. The van der Waals surface area contributed by atoms with Gasteiger partial charge in [-0.2, -0.15) is 0 Å². The molecule has 0 aromatic carbocycles. The molecule has 1 aliphatic rings. The summed E-state index contributed by atoms with van der Waals surface area (Å²) in [5, 5.41) is 2.91. The molecule has 58 valence electrons. The van der Waals surface area contributed by atoms with Crippen LogP contribution in [0.15, 0.2) is 23.9 Å². The molecule has 1 rings (SSSR count). The molecule has 0 radical (unpaired) electrons. The molecule has 0 aromatic heterocycles. The lowest BCUT2D eigenvalue weighted by atomic mass is 10.2. The molecule has 0 saturated heterocycles. The Morgan fingerprint density at radius 1 is 1.64 bits per heavy atom. The smallest absolute Gasteiger partial charge is 0.226 e. The van der Waals surface area contributed by atoms with E-state index in [9.17, 15) is 9.59 Å². The molecule has 1 heterocycles. The minimum atomic E-state index is -0.476. The van der Waals surface area contributed by atoms with Crippen LogP contribution in [0, 0.1) is 0 Å². The van der Waals surface area contributed by atoms with Gasteiger partial charge >= 0.3 is 0 Å². The van der Waals surface area contributed by atoms with Gasteiger partial charge in [0.15, 0.2) is 6.29 Å². The Morgan fingerprint density at radius 2 is 2.45 bits per heavy atom. The summed E-state index contributed by atoms with van der Waals surface area (Å²) in [4.78, 5) is 20.9. The number of Topliss-reactive ketones (excluding diaryl/α,β-unsaturated/α-hetero) is 1. The van der Waals surface area contributed by atoms with Gasteiger partial charge in [-0.05, 0) is 6.42 Å². The Balaban J connectivity index is 2.74. The molecule has 0 atom stereocenters. The monoisotopic (exact) mass is 151 g/mol. The summed E-state index contributed by atoms with van der Waals surface area (Å²) in [6.07, 6.45) is 6.31. The maximum atomic E-state index is 10.8. The van der Waals surface area contributed by atoms with E-state index in [4.69, 9.17) is 0 Å². The van der Waals surface area contributed by atoms with Crippen molar-refractivity contribution in [3.05, 3.63) is 23.9 Å². The lowest BCUT2D eigenvalue weighted by Crippen LogP contribution is -2.08. The first-order chi connectivity index (χ1) is 5.34. The van der Waals surface area contributed by atoms with Gasteiger partial charge in [-0.3, -0.25) is 9.59 Å². The van der Waals surface area contributed by atoms with Crippen LogP contribution in [0.2, 0.25) is 0 Å². The van der Waals surface area contributed by atoms with Crippen LogP contribution >= 0.6 is 0 Å². The van der Waals surface area contributed by atoms with Gasteiger partial charge in [-0.15, -0.1) is 0 Å². The maximum absolute atomic E-state index is 10.8. The lowest BCUT2D eigenvalue weighted by molar-refractivity contribution is -0.127. The predicted octanol–water partition coefficient (Wildman–Crippen LogP) is 0.188. The fourth-order valence-corrected chi connectivity index (χ4v) is 0.829. The summed E-state index contributed by atoms with van der Waals surface area (Å²) < 4.78 is 0. The van der Waals surface area contributed by atoms with Crippen LogP contribution < -0.4 is 5.32 Å². The third-order valence-electron chi connectivity index (χ3n) is 1.40. The van der Waals surface area contributed by atoms with Crippen molar-refractivity contribution in [2.45, 2.75) is 6.42 Å². The van der Waals surface area contributed by atoms with Crippen molar-refractivity contribution in [2.75, 3.05) is 6.54 Å². The van der Waals surface area contributed by atoms with Crippen LogP contribution in [0.1, 0.15) is 6.42 Å². The van der Waals surface area contributed by atoms with Gasteiger partial charge in [0.2, 0.25) is 5.78 Å². The van der Waals surface area contributed by atoms with E-state index < -0.39 is 5.78 Å². The van der Waals surface area contributed by atoms with Crippen LogP contribution in [-0.4, -0.2) is 18.6 Å². The molecule has 0 spiro atoms. The molecular formula is C8H9NO2. The second-order valence-electron chi connectivity index (χ2n) is 2.23. The average molecular weight is 151 g/mol. The number of nitrogens with one attached hydrogen (secondary N) is 1. The molecule has 1 aliphatic heterocycles. The number of hydrogen-bond donors (Lipinski definition) is 1. The number of aldehydes is 1. The van der Waals surface area contributed by atoms with Crippen molar-refractivity contribution in [3.8, 4) is 0 Å². The van der Waals surface area contributed by atoms with E-state index in [0.717, 1.165) is 13.0 Å². The molecule has 3 nitrogen and oxygen atoms in total. The fourth-order valence-electron chi connectivity index (χ4n) is 0.829. The zero-order chi connectivity index (χ0) is 8.10. The average Bonchev–Trinajstić information content (AvgIpc) is 2.30. The van der Waals surface area contributed by atoms with Crippen LogP contribution in [0.5, 0.6) is 0 Å². The van der Waals surface area contributed by atoms with Crippen molar-refractivity contribution in [2.24, 2.45) is 0 Å². The number of ketones is 1. The minimum Gasteiger partial charge on any atom is -0.390 e. The Hall–Kier alpha value is -1.38. The van der Waals surface area contributed by atoms with E-state index in [1.165, 1.54) is 0 Å². The number of hydrogen-bond acceptors (Lipinski definition) is 3. The topological polar surface area (TPSA) is 46.2 Å². The van der Waals surface area contributed by atoms with Crippen molar-refractivity contribution in [1.29, 1.82) is 0 Å². The van der Waals surface area contributed by atoms with E-state index in [2.05, 4.69) is 5.32 Å². The molecule has 0 bridgehead atoms. The standard InChI is InChI=1S/C8H9NO2/c10-6-8(11)7-3-1-2-4-9-5-7/h1,3,5-6,9H,2,4H2. The quantitative estimate of drug-likeness (QED) is 0.452. The second-order valence-corrected chi connectivity index (χ2v) is 2.23. The number of carbonyl (C=O) groups is 2. The van der Waals surface area contributed by atoms with E-state index in [0.29, 0.717) is 11.9 Å². The van der Waals surface area contributed by atoms with E-state index >= 15 is 0 Å². The van der Waals surface area contributed by atoms with E-state index in [1.54, 1.807) is 12.3 Å². The van der Waals surface area contributed by atoms with Gasteiger partial charge in [-0.25, -0.2) is 0 Å². The Bertz CT molecular complexity index is 228. The highest BCUT2D eigenvalue weighted by Crippen LogP contribution is 2.00. The second kappa shape index (κ2) is 3.71. The van der Waals surface area contributed by atoms with Crippen molar-refractivity contribution in [1.82, 2.24) is 5.32 Å². The third-order valence-corrected chi connectivity index (χ3v) is 1.40. The largest absolute Gasteiger partial charge is 0.390 e. The highest BCUT2D eigenvalue weighted by Gasteiger charge is 2.04. The van der Waals surface area contributed by atoms with Gasteiger partial charge in [0.1, 0.15) is 0 Å². The molecule has 1 N–H and O–H groups in total. The van der Waals surface area contributed by atoms with Gasteiger partial charge in [0.25, 0.3) is 0 Å². The summed E-state index contributed by atoms with van der Waals surface area (Å²) in [6, 6.07) is 0. The van der Waals surface area contributed by atoms with Crippen LogP contribution in [0.4, 0.5) is 0 Å². The molecule has 0 unspecified atom stereocenters. The molecule has 0 fully saturated rings. The van der Waals surface area contributed by atoms with Crippen LogP contribution in [0.25, 0.3) is 0 Å². The highest BCUT2D eigenvalue weighted by molar-refractivity contribution is 6.34. The molecule has 0 aromatic rings. The predicted molar refractivity (Wildman–Crippen MR) is 40.9 cm³/mol. The summed E-state index contributed by atoms with van der Waals surface area (Å²) in [7, 11) is 0. The highest BCUT2D eigenvalue weighted by atomic mass is 16.2. The Kier molecular flexibility index (Phi) is 2.60. The normalized spacial score (nSPS) is 16.2. The molecule has 11 heavy (non-hydrogen) atoms. The Morgan fingerprint density at radius 3 is 3.18 bits per heavy atom. The van der Waals surface area contributed by atoms with E-state index in [1.807, 2.05) is 6.08 Å². The lowest BCUT2D eigenvalue weighted by Gasteiger charge is -1.93. The minimum absolute atomic E-state index is 0.323. The number of carbonyl (C=O) groups excluding carboxylic acids is 2. The molecule has 0 saturated carbocycles. The number of rotatable bonds is 2. The van der Waals surface area contributed by atoms with Gasteiger partial charge < -0.3 is 5.32 Å². The van der Waals surface area contributed by atoms with Crippen molar-refractivity contribution in [3.63, 3.8) is 0 Å². The summed E-state index contributed by atoms with van der Waals surface area (Å²) in [5.41, 5.74) is 0.428. The number of allylic oxidation sites excluding steroid dienone is 2. The molecular weight excluding hydrogens is 142 g/mol. The van der Waals surface area contributed by atoms with Crippen molar-refractivity contribution >= 4 is 12.1 Å². The molecule has 0 aliphatic carbocycles. The summed E-state index contributed by atoms with van der Waals surface area (Å²) in [6.45, 7) is 0.812. The first-order valence-corrected chi connectivity index (χ1v) is 3.44. The SMILES string of the molecule is O=CC(=O)C1=CNCCC=C1. The zero-order valence-electron chi connectivity index (χ0n) is 6.04. The Labute approximate surface area is 64.8 Å². The molecule has 3 heteroatoms. The molecule has 0 amide bonds. The summed E-state index contributed by atoms with van der Waals surface area (Å²) in [5.74, 6) is -0.476. The van der Waals surface area contributed by atoms with Crippen LogP contribution in [0.3, 0.4) is 0 Å². The zero-order valence-corrected chi connectivity index (χ0v) is 6.04. The fraction of sp³-hybridized carbons (Fsp3) is 0.250. The first kappa shape index (κ1) is 7.72. The van der Waals surface area contributed by atoms with Gasteiger partial charge in [0, 0.05) is 18.3 Å². The maximum Gasteiger partial charge on any atom is 0.226 e. The van der Waals surface area contributed by atoms with Crippen LogP contribution in [-0.2, 0) is 9.59 Å². The van der Waals surface area contributed by atoms with Crippen molar-refractivity contribution < 1.29 is 9.59 Å². The van der Waals surface area contributed by atoms with E-state index in [-0.39, 0.29) is 0 Å². The summed E-state index contributed by atoms with van der Waals surface area (Å²) >= 11 is 0. The van der Waals surface area contributed by atoms with Gasteiger partial charge in [0.05, 0.1) is 0 Å².